The summed E-state index contributed by atoms with van der Waals surface area (Å²) in [4.78, 5) is 26.5. The Morgan fingerprint density at radius 3 is 1.45 bits per heavy atom. The van der Waals surface area contributed by atoms with E-state index in [1.807, 2.05) is 19.0 Å². The average molecular weight is 315 g/mol. The molecule has 5 heteroatoms. The van der Waals surface area contributed by atoms with E-state index >= 15 is 0 Å². The number of rotatable bonds is 11. The summed E-state index contributed by atoms with van der Waals surface area (Å²) in [6.45, 7) is 4.18. The normalized spacial score (nSPS) is 15.2. The standard InChI is InChI=1S/C17H33NO4/c1-7-9-11-13(16(19)21-5)15(18(3)4)14(12-10-8-2)17(20)22-6/h13-15H,7-12H2,1-6H3. The van der Waals surface area contributed by atoms with E-state index in [9.17, 15) is 9.59 Å². The van der Waals surface area contributed by atoms with E-state index in [4.69, 9.17) is 9.47 Å². The molecular weight excluding hydrogens is 282 g/mol. The molecule has 130 valence electrons. The molecule has 0 amide bonds. The number of carbonyl (C=O) groups is 2. The number of hydrogen-bond acceptors (Lipinski definition) is 5. The summed E-state index contributed by atoms with van der Waals surface area (Å²) in [5.74, 6) is -1.09. The van der Waals surface area contributed by atoms with Crippen molar-refractivity contribution in [2.45, 2.75) is 58.4 Å². The molecule has 0 spiro atoms. The van der Waals surface area contributed by atoms with Gasteiger partial charge in [-0.1, -0.05) is 39.5 Å². The molecule has 0 aliphatic heterocycles. The number of methoxy groups -OCH3 is 2. The minimum atomic E-state index is -0.305. The maximum absolute atomic E-state index is 12.3. The van der Waals surface area contributed by atoms with Crippen LogP contribution in [-0.4, -0.2) is 51.2 Å². The van der Waals surface area contributed by atoms with Crippen molar-refractivity contribution in [3.63, 3.8) is 0 Å². The number of esters is 2. The first-order valence-corrected chi connectivity index (χ1v) is 8.26. The fraction of sp³-hybridized carbons (Fsp3) is 0.882. The Labute approximate surface area is 135 Å². The van der Waals surface area contributed by atoms with Crippen molar-refractivity contribution in [1.82, 2.24) is 4.90 Å². The van der Waals surface area contributed by atoms with Gasteiger partial charge in [0.1, 0.15) is 0 Å². The molecule has 0 bridgehead atoms. The first-order chi connectivity index (χ1) is 10.4. The van der Waals surface area contributed by atoms with Gasteiger partial charge in [-0.25, -0.2) is 0 Å². The SMILES string of the molecule is CCCCC(C(=O)OC)C(C(CCCC)C(=O)OC)N(C)C. The lowest BCUT2D eigenvalue weighted by Gasteiger charge is -2.35. The maximum Gasteiger partial charge on any atom is 0.310 e. The first kappa shape index (κ1) is 20.9. The number of ether oxygens (including phenoxy) is 2. The quantitative estimate of drug-likeness (QED) is 0.549. The van der Waals surface area contributed by atoms with E-state index in [-0.39, 0.29) is 29.8 Å². The predicted octanol–water partition coefficient (Wildman–Crippen LogP) is 2.88. The van der Waals surface area contributed by atoms with Gasteiger partial charge in [-0.2, -0.15) is 0 Å². The lowest BCUT2D eigenvalue weighted by Crippen LogP contribution is -2.48. The van der Waals surface area contributed by atoms with Gasteiger partial charge < -0.3 is 14.4 Å². The highest BCUT2D eigenvalue weighted by Gasteiger charge is 2.39. The molecule has 0 saturated heterocycles. The summed E-state index contributed by atoms with van der Waals surface area (Å²) in [6.07, 6.45) is 5.34. The Morgan fingerprint density at radius 2 is 1.23 bits per heavy atom. The van der Waals surface area contributed by atoms with Gasteiger partial charge in [0.15, 0.2) is 0 Å². The Kier molecular flexibility index (Phi) is 10.9. The van der Waals surface area contributed by atoms with Crippen LogP contribution in [0, 0.1) is 11.8 Å². The Hall–Kier alpha value is -1.10. The van der Waals surface area contributed by atoms with Crippen molar-refractivity contribution in [2.75, 3.05) is 28.3 Å². The lowest BCUT2D eigenvalue weighted by molar-refractivity contribution is -0.154. The number of carbonyl (C=O) groups excluding carboxylic acids is 2. The van der Waals surface area contributed by atoms with E-state index in [1.165, 1.54) is 14.2 Å². The third-order valence-electron chi connectivity index (χ3n) is 4.17. The zero-order valence-corrected chi connectivity index (χ0v) is 15.1. The van der Waals surface area contributed by atoms with Gasteiger partial charge in [-0.05, 0) is 26.9 Å². The molecule has 0 heterocycles. The summed E-state index contributed by atoms with van der Waals surface area (Å²) in [5.41, 5.74) is 0. The van der Waals surface area contributed by atoms with E-state index in [2.05, 4.69) is 13.8 Å². The zero-order chi connectivity index (χ0) is 17.1. The summed E-state index contributed by atoms with van der Waals surface area (Å²) in [6, 6.07) is -0.196. The van der Waals surface area contributed by atoms with Gasteiger partial charge in [0.2, 0.25) is 0 Å². The largest absolute Gasteiger partial charge is 0.469 e. The minimum Gasteiger partial charge on any atom is -0.469 e. The molecule has 0 radical (unpaired) electrons. The van der Waals surface area contributed by atoms with Gasteiger partial charge in [0, 0.05) is 6.04 Å². The average Bonchev–Trinajstić information content (AvgIpc) is 2.51. The summed E-state index contributed by atoms with van der Waals surface area (Å²) >= 11 is 0. The van der Waals surface area contributed by atoms with E-state index in [1.54, 1.807) is 0 Å². The van der Waals surface area contributed by atoms with Crippen LogP contribution in [-0.2, 0) is 19.1 Å². The van der Waals surface area contributed by atoms with Crippen LogP contribution in [0.1, 0.15) is 52.4 Å². The van der Waals surface area contributed by atoms with Crippen molar-refractivity contribution in [3.8, 4) is 0 Å². The van der Waals surface area contributed by atoms with Gasteiger partial charge in [-0.3, -0.25) is 9.59 Å². The molecule has 2 atom stereocenters. The minimum absolute atomic E-state index is 0.196. The van der Waals surface area contributed by atoms with Crippen molar-refractivity contribution in [1.29, 1.82) is 0 Å². The topological polar surface area (TPSA) is 55.8 Å². The monoisotopic (exact) mass is 315 g/mol. The first-order valence-electron chi connectivity index (χ1n) is 8.26. The molecule has 5 nitrogen and oxygen atoms in total. The smallest absolute Gasteiger partial charge is 0.310 e. The second-order valence-corrected chi connectivity index (χ2v) is 6.00. The van der Waals surface area contributed by atoms with Gasteiger partial charge in [0.25, 0.3) is 0 Å². The lowest BCUT2D eigenvalue weighted by atomic mass is 9.81. The molecule has 0 aliphatic rings. The molecule has 0 aromatic carbocycles. The van der Waals surface area contributed by atoms with E-state index in [0.29, 0.717) is 0 Å². The summed E-state index contributed by atoms with van der Waals surface area (Å²) in [7, 11) is 6.64. The van der Waals surface area contributed by atoms with Crippen molar-refractivity contribution in [2.24, 2.45) is 11.8 Å². The Bertz CT molecular complexity index is 303. The van der Waals surface area contributed by atoms with Crippen LogP contribution in [0.2, 0.25) is 0 Å². The highest BCUT2D eigenvalue weighted by atomic mass is 16.5. The second-order valence-electron chi connectivity index (χ2n) is 6.00. The van der Waals surface area contributed by atoms with E-state index < -0.39 is 0 Å². The van der Waals surface area contributed by atoms with Gasteiger partial charge in [-0.15, -0.1) is 0 Å². The molecule has 0 fully saturated rings. The molecule has 0 aliphatic carbocycles. The molecule has 0 saturated carbocycles. The zero-order valence-electron chi connectivity index (χ0n) is 15.1. The molecular formula is C17H33NO4. The van der Waals surface area contributed by atoms with Crippen LogP contribution in [0.5, 0.6) is 0 Å². The van der Waals surface area contributed by atoms with Crippen LogP contribution in [0.3, 0.4) is 0 Å². The number of hydrogen-bond donors (Lipinski definition) is 0. The molecule has 0 rings (SSSR count). The van der Waals surface area contributed by atoms with Crippen LogP contribution in [0.15, 0.2) is 0 Å². The van der Waals surface area contributed by atoms with Crippen molar-refractivity contribution in [3.05, 3.63) is 0 Å². The molecule has 0 aromatic rings. The fourth-order valence-electron chi connectivity index (χ4n) is 3.01. The van der Waals surface area contributed by atoms with E-state index in [0.717, 1.165) is 38.5 Å². The molecule has 22 heavy (non-hydrogen) atoms. The van der Waals surface area contributed by atoms with Crippen molar-refractivity contribution >= 4 is 11.9 Å². The Balaban J connectivity index is 5.44. The predicted molar refractivity (Wildman–Crippen MR) is 87.5 cm³/mol. The third-order valence-corrected chi connectivity index (χ3v) is 4.17. The molecule has 2 unspecified atom stereocenters. The van der Waals surface area contributed by atoms with Crippen LogP contribution >= 0.6 is 0 Å². The van der Waals surface area contributed by atoms with Crippen LogP contribution < -0.4 is 0 Å². The van der Waals surface area contributed by atoms with Crippen LogP contribution in [0.4, 0.5) is 0 Å². The van der Waals surface area contributed by atoms with Gasteiger partial charge in [0.05, 0.1) is 26.1 Å². The van der Waals surface area contributed by atoms with Gasteiger partial charge >= 0.3 is 11.9 Å². The summed E-state index contributed by atoms with van der Waals surface area (Å²) in [5, 5.41) is 0. The summed E-state index contributed by atoms with van der Waals surface area (Å²) < 4.78 is 9.98. The van der Waals surface area contributed by atoms with Crippen LogP contribution in [0.25, 0.3) is 0 Å². The maximum atomic E-state index is 12.3. The fourth-order valence-corrected chi connectivity index (χ4v) is 3.01. The van der Waals surface area contributed by atoms with Crippen molar-refractivity contribution < 1.29 is 19.1 Å². The Morgan fingerprint density at radius 1 is 0.864 bits per heavy atom. The third kappa shape index (κ3) is 6.34. The number of unbranched alkanes of at least 4 members (excludes halogenated alkanes) is 2. The highest BCUT2D eigenvalue weighted by Crippen LogP contribution is 2.28. The number of nitrogens with zero attached hydrogens (tertiary/aromatic N) is 1. The highest BCUT2D eigenvalue weighted by molar-refractivity contribution is 5.77. The molecule has 0 aromatic heterocycles. The molecule has 0 N–H and O–H groups in total. The second kappa shape index (κ2) is 11.5.